The second-order valence-corrected chi connectivity index (χ2v) is 11.1. The van der Waals surface area contributed by atoms with E-state index in [1.165, 1.54) is 10.8 Å². The molecule has 0 spiro atoms. The lowest BCUT2D eigenvalue weighted by Crippen LogP contribution is -2.27. The molecule has 0 bridgehead atoms. The molecule has 0 N–H and O–H groups in total. The number of aromatic nitrogens is 1. The summed E-state index contributed by atoms with van der Waals surface area (Å²) >= 11 is 0. The number of pyridine rings is 1. The summed E-state index contributed by atoms with van der Waals surface area (Å²) in [5, 5.41) is 6.29. The maximum atomic E-state index is 14.8. The molecule has 1 heterocycles. The molecule has 0 saturated carbocycles. The van der Waals surface area contributed by atoms with E-state index in [1.54, 1.807) is 0 Å². The molecule has 2 nitrogen and oxygen atoms in total. The van der Waals surface area contributed by atoms with Crippen molar-refractivity contribution in [3.8, 4) is 11.3 Å². The van der Waals surface area contributed by atoms with Gasteiger partial charge in [-0.05, 0) is 39.7 Å². The average molecular weight is 455 g/mol. The average Bonchev–Trinajstić information content (AvgIpc) is 2.93. The van der Waals surface area contributed by atoms with E-state index in [9.17, 15) is 4.57 Å². The van der Waals surface area contributed by atoms with Gasteiger partial charge in [0, 0.05) is 16.2 Å². The lowest BCUT2D eigenvalue weighted by Gasteiger charge is -2.20. The minimum Gasteiger partial charge on any atom is -0.307 e. The minimum absolute atomic E-state index is 0.597. The van der Waals surface area contributed by atoms with Crippen LogP contribution >= 0.6 is 7.14 Å². The van der Waals surface area contributed by atoms with Crippen LogP contribution in [0.4, 0.5) is 0 Å². The number of fused-ring (bicyclic) bond motifs is 3. The van der Waals surface area contributed by atoms with Crippen LogP contribution in [0.25, 0.3) is 32.8 Å². The summed E-state index contributed by atoms with van der Waals surface area (Å²) in [4.78, 5) is 5.06. The highest BCUT2D eigenvalue weighted by Crippen LogP contribution is 2.42. The van der Waals surface area contributed by atoms with Crippen molar-refractivity contribution >= 4 is 44.7 Å². The van der Waals surface area contributed by atoms with Crippen LogP contribution in [0.5, 0.6) is 0 Å². The van der Waals surface area contributed by atoms with Crippen molar-refractivity contribution in [2.45, 2.75) is 0 Å². The first-order valence-electron chi connectivity index (χ1n) is 11.3. The second-order valence-electron chi connectivity index (χ2n) is 8.35. The van der Waals surface area contributed by atoms with Gasteiger partial charge < -0.3 is 4.57 Å². The normalized spacial score (nSPS) is 11.6. The third-order valence-electron chi connectivity index (χ3n) is 6.34. The Morgan fingerprint density at radius 2 is 1.06 bits per heavy atom. The second kappa shape index (κ2) is 8.41. The highest BCUT2D eigenvalue weighted by molar-refractivity contribution is 7.85. The molecule has 0 aliphatic heterocycles. The van der Waals surface area contributed by atoms with Gasteiger partial charge in [-0.25, -0.2) is 4.98 Å². The lowest BCUT2D eigenvalue weighted by atomic mass is 9.95. The zero-order valence-electron chi connectivity index (χ0n) is 18.5. The molecule has 0 aliphatic rings. The minimum atomic E-state index is -3.14. The first kappa shape index (κ1) is 20.6. The monoisotopic (exact) mass is 455 g/mol. The van der Waals surface area contributed by atoms with Crippen molar-refractivity contribution in [3.05, 3.63) is 133 Å². The van der Waals surface area contributed by atoms with Crippen molar-refractivity contribution in [1.29, 1.82) is 0 Å². The number of benzene rings is 5. The topological polar surface area (TPSA) is 30.0 Å². The molecular formula is C31H22NOP. The van der Waals surface area contributed by atoms with Gasteiger partial charge in [-0.3, -0.25) is 0 Å². The summed E-state index contributed by atoms with van der Waals surface area (Å²) in [6.45, 7) is 0. The molecule has 6 aromatic rings. The molecule has 0 fully saturated rings. The Morgan fingerprint density at radius 3 is 1.74 bits per heavy atom. The zero-order valence-corrected chi connectivity index (χ0v) is 19.4. The summed E-state index contributed by atoms with van der Waals surface area (Å²) in [5.74, 6) is 0. The zero-order chi connectivity index (χ0) is 23.0. The SMILES string of the molecule is O=P(c1ccccc1)(c1ccccc1)c1cccc(-c2cc3ccccc3c3ccccc23)n1. The first-order chi connectivity index (χ1) is 16.7. The van der Waals surface area contributed by atoms with Crippen LogP contribution in [0.15, 0.2) is 133 Å². The van der Waals surface area contributed by atoms with E-state index in [4.69, 9.17) is 4.98 Å². The largest absolute Gasteiger partial charge is 0.307 e. The lowest BCUT2D eigenvalue weighted by molar-refractivity contribution is 0.592. The van der Waals surface area contributed by atoms with Gasteiger partial charge in [-0.2, -0.15) is 0 Å². The molecule has 1 aromatic heterocycles. The standard InChI is InChI=1S/C31H22NOP/c33-34(24-13-3-1-4-14-24,25-15-5-2-6-16-25)31-21-11-20-30(32-31)29-22-23-12-7-8-17-26(23)27-18-9-10-19-28(27)29/h1-22H. The highest BCUT2D eigenvalue weighted by Gasteiger charge is 2.31. The van der Waals surface area contributed by atoms with Gasteiger partial charge in [0.25, 0.3) is 0 Å². The molecule has 6 rings (SSSR count). The molecule has 0 unspecified atom stereocenters. The number of nitrogens with zero attached hydrogens (tertiary/aromatic N) is 1. The fraction of sp³-hybridized carbons (Fsp3) is 0. The van der Waals surface area contributed by atoms with Crippen molar-refractivity contribution in [2.75, 3.05) is 0 Å². The molecule has 0 amide bonds. The van der Waals surface area contributed by atoms with Gasteiger partial charge in [0.05, 0.1) is 5.69 Å². The van der Waals surface area contributed by atoms with Crippen LogP contribution in [0.2, 0.25) is 0 Å². The maximum absolute atomic E-state index is 14.8. The van der Waals surface area contributed by atoms with Crippen LogP contribution in [-0.4, -0.2) is 4.98 Å². The van der Waals surface area contributed by atoms with E-state index in [0.29, 0.717) is 5.44 Å². The van der Waals surface area contributed by atoms with E-state index >= 15 is 0 Å². The van der Waals surface area contributed by atoms with Crippen molar-refractivity contribution in [2.24, 2.45) is 0 Å². The summed E-state index contributed by atoms with van der Waals surface area (Å²) in [7, 11) is -3.14. The number of rotatable bonds is 4. The van der Waals surface area contributed by atoms with Crippen LogP contribution in [-0.2, 0) is 4.57 Å². The molecule has 0 atom stereocenters. The quantitative estimate of drug-likeness (QED) is 0.219. The van der Waals surface area contributed by atoms with Crippen molar-refractivity contribution < 1.29 is 4.57 Å². The van der Waals surface area contributed by atoms with E-state index in [2.05, 4.69) is 54.6 Å². The first-order valence-corrected chi connectivity index (χ1v) is 13.1. The van der Waals surface area contributed by atoms with Crippen LogP contribution < -0.4 is 16.0 Å². The van der Waals surface area contributed by atoms with Gasteiger partial charge in [-0.1, -0.05) is 115 Å². The molecule has 0 saturated heterocycles. The fourth-order valence-electron chi connectivity index (χ4n) is 4.70. The maximum Gasteiger partial charge on any atom is 0.188 e. The summed E-state index contributed by atoms with van der Waals surface area (Å²) in [6.07, 6.45) is 0. The van der Waals surface area contributed by atoms with E-state index in [0.717, 1.165) is 32.6 Å². The molecule has 3 heteroatoms. The highest BCUT2D eigenvalue weighted by atomic mass is 31.2. The Bertz CT molecular complexity index is 1630. The van der Waals surface area contributed by atoms with E-state index < -0.39 is 7.14 Å². The third-order valence-corrected chi connectivity index (χ3v) is 9.29. The van der Waals surface area contributed by atoms with Crippen LogP contribution in [0.1, 0.15) is 0 Å². The Morgan fingerprint density at radius 1 is 0.500 bits per heavy atom. The van der Waals surface area contributed by atoms with Gasteiger partial charge >= 0.3 is 0 Å². The van der Waals surface area contributed by atoms with Gasteiger partial charge in [-0.15, -0.1) is 0 Å². The van der Waals surface area contributed by atoms with E-state index in [1.807, 2.05) is 78.9 Å². The molecule has 0 radical (unpaired) electrons. The molecule has 34 heavy (non-hydrogen) atoms. The van der Waals surface area contributed by atoms with Gasteiger partial charge in [0.1, 0.15) is 5.44 Å². The smallest absolute Gasteiger partial charge is 0.188 e. The van der Waals surface area contributed by atoms with Crippen LogP contribution in [0.3, 0.4) is 0 Å². The summed E-state index contributed by atoms with van der Waals surface area (Å²) < 4.78 is 14.8. The van der Waals surface area contributed by atoms with Crippen molar-refractivity contribution in [3.63, 3.8) is 0 Å². The van der Waals surface area contributed by atoms with Gasteiger partial charge in [0.2, 0.25) is 0 Å². The number of hydrogen-bond donors (Lipinski definition) is 0. The third kappa shape index (κ3) is 3.36. The predicted octanol–water partition coefficient (Wildman–Crippen LogP) is 6.69. The Kier molecular flexibility index (Phi) is 5.09. The Balaban J connectivity index is 1.62. The van der Waals surface area contributed by atoms with E-state index in [-0.39, 0.29) is 0 Å². The predicted molar refractivity (Wildman–Crippen MR) is 144 cm³/mol. The molecule has 5 aromatic carbocycles. The Labute approximate surface area is 198 Å². The van der Waals surface area contributed by atoms with Crippen molar-refractivity contribution in [1.82, 2.24) is 4.98 Å². The van der Waals surface area contributed by atoms with Gasteiger partial charge in [0.15, 0.2) is 7.14 Å². The molecule has 162 valence electrons. The van der Waals surface area contributed by atoms with Crippen LogP contribution in [0, 0.1) is 0 Å². The fourth-order valence-corrected chi connectivity index (χ4v) is 7.26. The Hall–Kier alpha value is -4.00. The number of hydrogen-bond acceptors (Lipinski definition) is 2. The molecular weight excluding hydrogens is 433 g/mol. The molecule has 0 aliphatic carbocycles. The summed E-state index contributed by atoms with van der Waals surface area (Å²) in [6, 6.07) is 44.3. The summed E-state index contributed by atoms with van der Waals surface area (Å²) in [5.41, 5.74) is 2.47.